The minimum atomic E-state index is -1.12. The summed E-state index contributed by atoms with van der Waals surface area (Å²) >= 11 is 0. The van der Waals surface area contributed by atoms with Crippen molar-refractivity contribution in [3.63, 3.8) is 0 Å². The average Bonchev–Trinajstić information content (AvgIpc) is 2.38. The molecule has 1 aromatic rings. The lowest BCUT2D eigenvalue weighted by Crippen LogP contribution is -2.40. The first-order valence-electron chi connectivity index (χ1n) is 5.96. The van der Waals surface area contributed by atoms with Gasteiger partial charge in [0.1, 0.15) is 6.04 Å². The van der Waals surface area contributed by atoms with Crippen molar-refractivity contribution in [3.8, 4) is 0 Å². The van der Waals surface area contributed by atoms with Crippen molar-refractivity contribution in [2.45, 2.75) is 19.4 Å². The van der Waals surface area contributed by atoms with Gasteiger partial charge in [-0.3, -0.25) is 9.59 Å². The number of aliphatic carboxylic acids is 1. The SMILES string of the molecule is C=CCC(NC(=O)c1ccc(NC(C)=O)cc1)C(=O)O. The second-order valence-electron chi connectivity index (χ2n) is 4.15. The molecule has 2 amide bonds. The third-order valence-corrected chi connectivity index (χ3v) is 2.47. The Morgan fingerprint density at radius 3 is 2.35 bits per heavy atom. The Morgan fingerprint density at radius 2 is 1.90 bits per heavy atom. The van der Waals surface area contributed by atoms with Gasteiger partial charge in [0.2, 0.25) is 5.91 Å². The van der Waals surface area contributed by atoms with Gasteiger partial charge in [0, 0.05) is 18.2 Å². The van der Waals surface area contributed by atoms with E-state index in [0.717, 1.165) is 0 Å². The van der Waals surface area contributed by atoms with E-state index in [2.05, 4.69) is 17.2 Å². The van der Waals surface area contributed by atoms with Crippen LogP contribution in [0.5, 0.6) is 0 Å². The Labute approximate surface area is 116 Å². The van der Waals surface area contributed by atoms with Crippen molar-refractivity contribution in [2.75, 3.05) is 5.32 Å². The lowest BCUT2D eigenvalue weighted by molar-refractivity contribution is -0.139. The van der Waals surface area contributed by atoms with E-state index in [1.165, 1.54) is 25.1 Å². The van der Waals surface area contributed by atoms with Gasteiger partial charge in [-0.15, -0.1) is 6.58 Å². The lowest BCUT2D eigenvalue weighted by atomic mass is 10.1. The van der Waals surface area contributed by atoms with Crippen molar-refractivity contribution in [2.24, 2.45) is 0 Å². The molecule has 6 nitrogen and oxygen atoms in total. The van der Waals surface area contributed by atoms with Gasteiger partial charge in [0.15, 0.2) is 0 Å². The second-order valence-corrected chi connectivity index (χ2v) is 4.15. The molecular formula is C14H16N2O4. The number of nitrogens with one attached hydrogen (secondary N) is 2. The van der Waals surface area contributed by atoms with Crippen LogP contribution in [-0.2, 0) is 9.59 Å². The topological polar surface area (TPSA) is 95.5 Å². The summed E-state index contributed by atoms with van der Waals surface area (Å²) < 4.78 is 0. The molecule has 1 rings (SSSR count). The summed E-state index contributed by atoms with van der Waals surface area (Å²) in [6, 6.07) is 5.15. The van der Waals surface area contributed by atoms with E-state index in [9.17, 15) is 14.4 Å². The van der Waals surface area contributed by atoms with E-state index >= 15 is 0 Å². The van der Waals surface area contributed by atoms with E-state index in [-0.39, 0.29) is 12.3 Å². The van der Waals surface area contributed by atoms with E-state index in [1.54, 1.807) is 12.1 Å². The monoisotopic (exact) mass is 276 g/mol. The zero-order chi connectivity index (χ0) is 15.1. The first-order valence-corrected chi connectivity index (χ1v) is 5.96. The molecular weight excluding hydrogens is 260 g/mol. The van der Waals surface area contributed by atoms with Gasteiger partial charge in [0.05, 0.1) is 0 Å². The number of carbonyl (C=O) groups is 3. The fourth-order valence-electron chi connectivity index (χ4n) is 1.54. The minimum absolute atomic E-state index is 0.144. The summed E-state index contributed by atoms with van der Waals surface area (Å²) in [5.41, 5.74) is 0.879. The maximum Gasteiger partial charge on any atom is 0.326 e. The quantitative estimate of drug-likeness (QED) is 0.684. The summed E-state index contributed by atoms with van der Waals surface area (Å²) in [4.78, 5) is 33.7. The maximum absolute atomic E-state index is 11.9. The molecule has 0 radical (unpaired) electrons. The Morgan fingerprint density at radius 1 is 1.30 bits per heavy atom. The number of rotatable bonds is 6. The average molecular weight is 276 g/mol. The third-order valence-electron chi connectivity index (χ3n) is 2.47. The molecule has 3 N–H and O–H groups in total. The van der Waals surface area contributed by atoms with Crippen LogP contribution in [-0.4, -0.2) is 28.9 Å². The van der Waals surface area contributed by atoms with E-state index < -0.39 is 17.9 Å². The van der Waals surface area contributed by atoms with Crippen molar-refractivity contribution in [1.29, 1.82) is 0 Å². The number of hydrogen-bond acceptors (Lipinski definition) is 3. The first-order chi connectivity index (χ1) is 9.43. The van der Waals surface area contributed by atoms with E-state index in [1.807, 2.05) is 0 Å². The predicted octanol–water partition coefficient (Wildman–Crippen LogP) is 1.40. The molecule has 1 aromatic carbocycles. The van der Waals surface area contributed by atoms with Crippen LogP contribution in [0.25, 0.3) is 0 Å². The number of carbonyl (C=O) groups excluding carboxylic acids is 2. The molecule has 0 aliphatic heterocycles. The molecule has 6 heteroatoms. The van der Waals surface area contributed by atoms with Crippen molar-refractivity contribution in [1.82, 2.24) is 5.32 Å². The molecule has 0 saturated carbocycles. The van der Waals surface area contributed by atoms with Crippen molar-refractivity contribution in [3.05, 3.63) is 42.5 Å². The van der Waals surface area contributed by atoms with Crippen LogP contribution >= 0.6 is 0 Å². The summed E-state index contributed by atoms with van der Waals surface area (Å²) in [6.45, 7) is 4.83. The maximum atomic E-state index is 11.9. The van der Waals surface area contributed by atoms with Crippen LogP contribution in [0.2, 0.25) is 0 Å². The molecule has 0 spiro atoms. The number of hydrogen-bond donors (Lipinski definition) is 3. The smallest absolute Gasteiger partial charge is 0.326 e. The van der Waals surface area contributed by atoms with E-state index in [0.29, 0.717) is 11.3 Å². The highest BCUT2D eigenvalue weighted by molar-refractivity contribution is 5.97. The number of carboxylic acid groups (broad SMARTS) is 1. The number of amides is 2. The van der Waals surface area contributed by atoms with Gasteiger partial charge in [-0.25, -0.2) is 4.79 Å². The molecule has 0 saturated heterocycles. The zero-order valence-corrected chi connectivity index (χ0v) is 11.1. The van der Waals surface area contributed by atoms with Gasteiger partial charge in [-0.2, -0.15) is 0 Å². The highest BCUT2D eigenvalue weighted by Crippen LogP contribution is 2.10. The molecule has 0 heterocycles. The number of anilines is 1. The van der Waals surface area contributed by atoms with Crippen molar-refractivity contribution < 1.29 is 19.5 Å². The molecule has 0 bridgehead atoms. The Balaban J connectivity index is 2.74. The number of carboxylic acids is 1. The molecule has 0 aromatic heterocycles. The normalized spacial score (nSPS) is 11.2. The van der Waals surface area contributed by atoms with Gasteiger partial charge >= 0.3 is 5.97 Å². The third kappa shape index (κ3) is 4.56. The molecule has 106 valence electrons. The van der Waals surface area contributed by atoms with Crippen LogP contribution in [0.4, 0.5) is 5.69 Å². The molecule has 0 aliphatic carbocycles. The van der Waals surface area contributed by atoms with Gasteiger partial charge < -0.3 is 15.7 Å². The summed E-state index contributed by atoms with van der Waals surface area (Å²) in [6.07, 6.45) is 1.57. The predicted molar refractivity (Wildman–Crippen MR) is 74.4 cm³/mol. The second kappa shape index (κ2) is 7.08. The number of benzene rings is 1. The van der Waals surface area contributed by atoms with Crippen LogP contribution in [0.15, 0.2) is 36.9 Å². The highest BCUT2D eigenvalue weighted by Gasteiger charge is 2.18. The molecule has 0 aliphatic rings. The standard InChI is InChI=1S/C14H16N2O4/c1-3-4-12(14(19)20)16-13(18)10-5-7-11(8-6-10)15-9(2)17/h3,5-8,12H,1,4H2,2H3,(H,15,17)(H,16,18)(H,19,20). The minimum Gasteiger partial charge on any atom is -0.480 e. The molecule has 1 atom stereocenters. The Hall–Kier alpha value is -2.63. The zero-order valence-electron chi connectivity index (χ0n) is 11.1. The van der Waals surface area contributed by atoms with Crippen LogP contribution in [0.3, 0.4) is 0 Å². The van der Waals surface area contributed by atoms with E-state index in [4.69, 9.17) is 5.11 Å². The summed E-state index contributed by atoms with van der Waals surface area (Å²) in [5.74, 6) is -1.82. The highest BCUT2D eigenvalue weighted by atomic mass is 16.4. The molecule has 20 heavy (non-hydrogen) atoms. The van der Waals surface area contributed by atoms with Crippen LogP contribution < -0.4 is 10.6 Å². The van der Waals surface area contributed by atoms with Crippen LogP contribution in [0.1, 0.15) is 23.7 Å². The largest absolute Gasteiger partial charge is 0.480 e. The lowest BCUT2D eigenvalue weighted by Gasteiger charge is -2.12. The Kier molecular flexibility index (Phi) is 5.46. The summed E-state index contributed by atoms with van der Waals surface area (Å²) in [7, 11) is 0. The molecule has 1 unspecified atom stereocenters. The first kappa shape index (κ1) is 15.4. The van der Waals surface area contributed by atoms with Crippen molar-refractivity contribution >= 4 is 23.5 Å². The van der Waals surface area contributed by atoms with Gasteiger partial charge in [0.25, 0.3) is 5.91 Å². The summed E-state index contributed by atoms with van der Waals surface area (Å²) in [5, 5.41) is 13.9. The Bertz CT molecular complexity index is 522. The fraction of sp³-hybridized carbons (Fsp3) is 0.214. The molecule has 0 fully saturated rings. The van der Waals surface area contributed by atoms with Gasteiger partial charge in [-0.1, -0.05) is 6.08 Å². The fourth-order valence-corrected chi connectivity index (χ4v) is 1.54. The van der Waals surface area contributed by atoms with Gasteiger partial charge in [-0.05, 0) is 30.7 Å². The van der Waals surface area contributed by atoms with Crippen LogP contribution in [0, 0.1) is 0 Å².